The molecule has 1 aromatic heterocycles. The van der Waals surface area contributed by atoms with Crippen molar-refractivity contribution in [1.29, 1.82) is 0 Å². The second kappa shape index (κ2) is 7.66. The lowest BCUT2D eigenvalue weighted by Crippen LogP contribution is -2.29. The topological polar surface area (TPSA) is 104 Å². The maximum Gasteiger partial charge on any atom is 0.266 e. The average Bonchev–Trinajstić information content (AvgIpc) is 3.38. The van der Waals surface area contributed by atoms with Crippen molar-refractivity contribution in [2.45, 2.75) is 6.92 Å². The number of benzene rings is 3. The van der Waals surface area contributed by atoms with Crippen molar-refractivity contribution >= 4 is 40.0 Å². The Balaban J connectivity index is 1.42. The molecule has 0 aliphatic carbocycles. The summed E-state index contributed by atoms with van der Waals surface area (Å²) in [7, 11) is 0. The highest BCUT2D eigenvalue weighted by Gasteiger charge is 2.37. The molecule has 2 N–H and O–H groups in total. The standard InChI is InChI=1S/C24H18N4O4/c1-2-32-17-9-7-16(8-10-17)28-23(30)18-11-6-14(12-19(18)24(28)31)22(29)26-20-5-3-4-15-13-25-27-21(15)20/h3-13H,2H2,1H3,(H,25,27)(H,26,29). The number of fused-ring (bicyclic) bond motifs is 2. The van der Waals surface area contributed by atoms with Crippen LogP contribution < -0.4 is 15.0 Å². The minimum atomic E-state index is -0.473. The van der Waals surface area contributed by atoms with Gasteiger partial charge in [0.15, 0.2) is 0 Å². The fraction of sp³-hybridized carbons (Fsp3) is 0.0833. The number of carbonyl (C=O) groups is 3. The van der Waals surface area contributed by atoms with Gasteiger partial charge in [0.1, 0.15) is 5.75 Å². The van der Waals surface area contributed by atoms with E-state index in [1.54, 1.807) is 36.5 Å². The Morgan fingerprint density at radius 3 is 2.59 bits per heavy atom. The number of nitrogens with one attached hydrogen (secondary N) is 2. The van der Waals surface area contributed by atoms with E-state index >= 15 is 0 Å². The number of aromatic amines is 1. The first-order valence-electron chi connectivity index (χ1n) is 10.1. The highest BCUT2D eigenvalue weighted by Crippen LogP contribution is 2.30. The quantitative estimate of drug-likeness (QED) is 0.469. The molecule has 2 heterocycles. The molecule has 0 unspecified atom stereocenters. The third-order valence-corrected chi connectivity index (χ3v) is 5.28. The van der Waals surface area contributed by atoms with Crippen molar-refractivity contribution in [2.24, 2.45) is 0 Å². The molecule has 1 aliphatic heterocycles. The van der Waals surface area contributed by atoms with E-state index in [1.807, 2.05) is 19.1 Å². The second-order valence-corrected chi connectivity index (χ2v) is 7.23. The van der Waals surface area contributed by atoms with Gasteiger partial charge in [-0.3, -0.25) is 19.5 Å². The van der Waals surface area contributed by atoms with Gasteiger partial charge in [0, 0.05) is 10.9 Å². The number of rotatable bonds is 5. The number of H-pyrrole nitrogens is 1. The van der Waals surface area contributed by atoms with Gasteiger partial charge < -0.3 is 10.1 Å². The van der Waals surface area contributed by atoms with Gasteiger partial charge in [-0.2, -0.15) is 5.10 Å². The number of carbonyl (C=O) groups excluding carboxylic acids is 3. The van der Waals surface area contributed by atoms with E-state index in [0.717, 1.165) is 10.3 Å². The Bertz CT molecular complexity index is 1370. The van der Waals surface area contributed by atoms with Gasteiger partial charge >= 0.3 is 0 Å². The van der Waals surface area contributed by atoms with Crippen LogP contribution in [0.5, 0.6) is 5.75 Å². The highest BCUT2D eigenvalue weighted by atomic mass is 16.5. The molecule has 0 fully saturated rings. The van der Waals surface area contributed by atoms with E-state index in [0.29, 0.717) is 29.2 Å². The Hall–Kier alpha value is -4.46. The van der Waals surface area contributed by atoms with Gasteiger partial charge in [-0.15, -0.1) is 0 Å². The first-order valence-corrected chi connectivity index (χ1v) is 10.1. The maximum absolute atomic E-state index is 13.0. The number of anilines is 2. The number of aromatic nitrogens is 2. The van der Waals surface area contributed by atoms with Crippen LogP contribution >= 0.6 is 0 Å². The summed E-state index contributed by atoms with van der Waals surface area (Å²) in [6, 6.07) is 16.7. The molecule has 0 bridgehead atoms. The smallest absolute Gasteiger partial charge is 0.266 e. The summed E-state index contributed by atoms with van der Waals surface area (Å²) in [5.41, 5.74) is 2.44. The largest absolute Gasteiger partial charge is 0.494 e. The molecule has 8 heteroatoms. The summed E-state index contributed by atoms with van der Waals surface area (Å²) in [5.74, 6) is -0.642. The molecule has 3 amide bonds. The Labute approximate surface area is 182 Å². The summed E-state index contributed by atoms with van der Waals surface area (Å²) < 4.78 is 5.41. The minimum absolute atomic E-state index is 0.191. The number of hydrogen-bond acceptors (Lipinski definition) is 5. The first-order chi connectivity index (χ1) is 15.6. The van der Waals surface area contributed by atoms with Gasteiger partial charge in [-0.05, 0) is 55.5 Å². The van der Waals surface area contributed by atoms with Crippen molar-refractivity contribution in [1.82, 2.24) is 10.2 Å². The van der Waals surface area contributed by atoms with Crippen LogP contribution in [-0.4, -0.2) is 34.5 Å². The molecule has 32 heavy (non-hydrogen) atoms. The molecule has 158 valence electrons. The van der Waals surface area contributed by atoms with E-state index in [-0.39, 0.29) is 16.7 Å². The van der Waals surface area contributed by atoms with Crippen LogP contribution in [0.1, 0.15) is 38.0 Å². The summed E-state index contributed by atoms with van der Waals surface area (Å²) in [5, 5.41) is 10.5. The van der Waals surface area contributed by atoms with Crippen molar-refractivity contribution in [3.63, 3.8) is 0 Å². The number of amides is 3. The van der Waals surface area contributed by atoms with Crippen molar-refractivity contribution in [3.05, 3.63) is 83.6 Å². The van der Waals surface area contributed by atoms with Gasteiger partial charge in [-0.1, -0.05) is 12.1 Å². The minimum Gasteiger partial charge on any atom is -0.494 e. The van der Waals surface area contributed by atoms with Gasteiger partial charge in [0.25, 0.3) is 17.7 Å². The van der Waals surface area contributed by atoms with Gasteiger partial charge in [0.05, 0.1) is 40.8 Å². The zero-order chi connectivity index (χ0) is 22.2. The van der Waals surface area contributed by atoms with Crippen LogP contribution in [0.4, 0.5) is 11.4 Å². The number of imide groups is 1. The molecular formula is C24H18N4O4. The van der Waals surface area contributed by atoms with Crippen LogP contribution in [0.15, 0.2) is 66.9 Å². The molecule has 0 spiro atoms. The van der Waals surface area contributed by atoms with Crippen LogP contribution in [-0.2, 0) is 0 Å². The molecule has 0 saturated carbocycles. The number of hydrogen-bond donors (Lipinski definition) is 2. The lowest BCUT2D eigenvalue weighted by molar-refractivity contribution is 0.0925. The number of para-hydroxylation sites is 1. The predicted octanol–water partition coefficient (Wildman–Crippen LogP) is 4.01. The SMILES string of the molecule is CCOc1ccc(N2C(=O)c3ccc(C(=O)Nc4cccc5cn[nH]c45)cc3C2=O)cc1. The van der Waals surface area contributed by atoms with Crippen LogP contribution in [0.2, 0.25) is 0 Å². The molecule has 8 nitrogen and oxygen atoms in total. The lowest BCUT2D eigenvalue weighted by atomic mass is 10.1. The second-order valence-electron chi connectivity index (χ2n) is 7.23. The zero-order valence-corrected chi connectivity index (χ0v) is 17.1. The van der Waals surface area contributed by atoms with Crippen molar-refractivity contribution < 1.29 is 19.1 Å². The van der Waals surface area contributed by atoms with Crippen LogP contribution in [0.3, 0.4) is 0 Å². The fourth-order valence-corrected chi connectivity index (χ4v) is 3.74. The lowest BCUT2D eigenvalue weighted by Gasteiger charge is -2.14. The maximum atomic E-state index is 13.0. The molecule has 4 aromatic rings. The molecule has 3 aromatic carbocycles. The fourth-order valence-electron chi connectivity index (χ4n) is 3.74. The molecule has 1 aliphatic rings. The normalized spacial score (nSPS) is 12.8. The van der Waals surface area contributed by atoms with Crippen LogP contribution in [0, 0.1) is 0 Å². The molecule has 5 rings (SSSR count). The Morgan fingerprint density at radius 1 is 1.03 bits per heavy atom. The summed E-state index contributed by atoms with van der Waals surface area (Å²) >= 11 is 0. The van der Waals surface area contributed by atoms with E-state index < -0.39 is 17.7 Å². The first kappa shape index (κ1) is 19.5. The molecule has 0 saturated heterocycles. The average molecular weight is 426 g/mol. The van der Waals surface area contributed by atoms with Crippen molar-refractivity contribution in [2.75, 3.05) is 16.8 Å². The predicted molar refractivity (Wildman–Crippen MR) is 119 cm³/mol. The third-order valence-electron chi connectivity index (χ3n) is 5.28. The Morgan fingerprint density at radius 2 is 1.81 bits per heavy atom. The Kier molecular flexibility index (Phi) is 4.67. The molecule has 0 radical (unpaired) electrons. The van der Waals surface area contributed by atoms with E-state index in [4.69, 9.17) is 4.74 Å². The van der Waals surface area contributed by atoms with Crippen molar-refractivity contribution in [3.8, 4) is 5.75 Å². The summed E-state index contributed by atoms with van der Waals surface area (Å²) in [4.78, 5) is 39.8. The van der Waals surface area contributed by atoms with Crippen LogP contribution in [0.25, 0.3) is 10.9 Å². The number of nitrogens with zero attached hydrogens (tertiary/aromatic N) is 2. The monoisotopic (exact) mass is 426 g/mol. The number of ether oxygens (including phenoxy) is 1. The third kappa shape index (κ3) is 3.18. The molecular weight excluding hydrogens is 408 g/mol. The molecule has 0 atom stereocenters. The van der Waals surface area contributed by atoms with Gasteiger partial charge in [-0.25, -0.2) is 4.90 Å². The summed E-state index contributed by atoms with van der Waals surface area (Å²) in [6.07, 6.45) is 1.67. The summed E-state index contributed by atoms with van der Waals surface area (Å²) in [6.45, 7) is 2.40. The van der Waals surface area contributed by atoms with E-state index in [9.17, 15) is 14.4 Å². The van der Waals surface area contributed by atoms with E-state index in [1.165, 1.54) is 18.2 Å². The van der Waals surface area contributed by atoms with Gasteiger partial charge in [0.2, 0.25) is 0 Å². The zero-order valence-electron chi connectivity index (χ0n) is 17.1. The van der Waals surface area contributed by atoms with E-state index in [2.05, 4.69) is 15.5 Å². The highest BCUT2D eigenvalue weighted by molar-refractivity contribution is 6.34.